The van der Waals surface area contributed by atoms with Gasteiger partial charge in [-0.3, -0.25) is 9.63 Å². The molecule has 1 N–H and O–H groups in total. The second kappa shape index (κ2) is 6.37. The van der Waals surface area contributed by atoms with E-state index in [1.807, 2.05) is 6.92 Å². The van der Waals surface area contributed by atoms with Gasteiger partial charge in [0.05, 0.1) is 6.10 Å². The van der Waals surface area contributed by atoms with Crippen molar-refractivity contribution in [3.63, 3.8) is 0 Å². The molecule has 0 radical (unpaired) electrons. The van der Waals surface area contributed by atoms with E-state index < -0.39 is 12.0 Å². The normalized spacial score (nSPS) is 12.6. The Balaban J connectivity index is 4.41. The molecule has 1 atom stereocenters. The summed E-state index contributed by atoms with van der Waals surface area (Å²) in [6.45, 7) is 5.33. The zero-order chi connectivity index (χ0) is 11.1. The van der Waals surface area contributed by atoms with Gasteiger partial charge in [0.15, 0.2) is 6.04 Å². The summed E-state index contributed by atoms with van der Waals surface area (Å²) in [6.07, 6.45) is 1.27. The molecule has 0 aromatic carbocycles. The molecule has 0 heterocycles. The third-order valence-electron chi connectivity index (χ3n) is 1.59. The molecule has 0 aliphatic rings. The number of aliphatic carboxylic acids is 1. The zero-order valence-corrected chi connectivity index (χ0v) is 8.77. The molecule has 82 valence electrons. The fourth-order valence-electron chi connectivity index (χ4n) is 1.05. The molecule has 5 nitrogen and oxygen atoms in total. The average molecular weight is 203 g/mol. The number of amides is 1. The molecule has 0 rings (SSSR count). The van der Waals surface area contributed by atoms with E-state index in [9.17, 15) is 9.59 Å². The summed E-state index contributed by atoms with van der Waals surface area (Å²) in [5, 5.41) is 9.71. The third-order valence-corrected chi connectivity index (χ3v) is 1.59. The molecule has 0 saturated carbocycles. The maximum atomic E-state index is 10.8. The minimum Gasteiger partial charge on any atom is -0.480 e. The van der Waals surface area contributed by atoms with Gasteiger partial charge in [-0.1, -0.05) is 13.3 Å². The van der Waals surface area contributed by atoms with E-state index in [1.165, 1.54) is 0 Å². The number of rotatable bonds is 7. The van der Waals surface area contributed by atoms with Gasteiger partial charge in [-0.25, -0.2) is 9.86 Å². The summed E-state index contributed by atoms with van der Waals surface area (Å²) in [5.74, 6) is -1.04. The first-order valence-corrected chi connectivity index (χ1v) is 4.66. The smallest absolute Gasteiger partial charge is 0.329 e. The predicted molar refractivity (Wildman–Crippen MR) is 50.5 cm³/mol. The maximum absolute atomic E-state index is 10.8. The lowest BCUT2D eigenvalue weighted by molar-refractivity contribution is -0.210. The molecule has 0 fully saturated rings. The Morgan fingerprint density at radius 2 is 2.14 bits per heavy atom. The molecule has 1 amide bonds. The number of carbonyl (C=O) groups is 2. The molecule has 14 heavy (non-hydrogen) atoms. The van der Waals surface area contributed by atoms with Gasteiger partial charge in [0.1, 0.15) is 0 Å². The van der Waals surface area contributed by atoms with E-state index in [0.29, 0.717) is 19.3 Å². The number of carboxylic acid groups (broad SMARTS) is 1. The molecule has 0 spiro atoms. The lowest BCUT2D eigenvalue weighted by Crippen LogP contribution is -2.41. The van der Waals surface area contributed by atoms with E-state index in [4.69, 9.17) is 9.94 Å². The largest absolute Gasteiger partial charge is 0.480 e. The summed E-state index contributed by atoms with van der Waals surface area (Å²) in [4.78, 5) is 26.4. The van der Waals surface area contributed by atoms with Crippen LogP contribution in [0.4, 0.5) is 0 Å². The van der Waals surface area contributed by atoms with E-state index in [-0.39, 0.29) is 6.10 Å². The van der Waals surface area contributed by atoms with Crippen LogP contribution in [0.1, 0.15) is 33.6 Å². The molecular formula is C9H17NO4. The Morgan fingerprint density at radius 1 is 1.57 bits per heavy atom. The molecule has 0 saturated heterocycles. The van der Waals surface area contributed by atoms with E-state index >= 15 is 0 Å². The molecule has 0 aromatic heterocycles. The highest BCUT2D eigenvalue weighted by Crippen LogP contribution is 2.08. The summed E-state index contributed by atoms with van der Waals surface area (Å²) >= 11 is 0. The van der Waals surface area contributed by atoms with Crippen LogP contribution in [-0.2, 0) is 14.4 Å². The Kier molecular flexibility index (Phi) is 5.87. The highest BCUT2D eigenvalue weighted by atomic mass is 16.7. The van der Waals surface area contributed by atoms with Crippen molar-refractivity contribution in [2.75, 3.05) is 0 Å². The van der Waals surface area contributed by atoms with Crippen LogP contribution in [0.3, 0.4) is 0 Å². The average Bonchev–Trinajstić information content (AvgIpc) is 2.10. The van der Waals surface area contributed by atoms with Crippen molar-refractivity contribution in [2.24, 2.45) is 0 Å². The van der Waals surface area contributed by atoms with Crippen LogP contribution in [0.25, 0.3) is 0 Å². The Hall–Kier alpha value is -1.10. The summed E-state index contributed by atoms with van der Waals surface area (Å²) in [6, 6.07) is -0.889. The molecule has 5 heteroatoms. The van der Waals surface area contributed by atoms with Gasteiger partial charge in [0, 0.05) is 0 Å². The Morgan fingerprint density at radius 3 is 2.43 bits per heavy atom. The van der Waals surface area contributed by atoms with Crippen molar-refractivity contribution in [2.45, 2.75) is 45.8 Å². The number of hydrogen-bond acceptors (Lipinski definition) is 3. The fraction of sp³-hybridized carbons (Fsp3) is 0.778. The molecular weight excluding hydrogens is 186 g/mol. The van der Waals surface area contributed by atoms with E-state index in [1.54, 1.807) is 13.8 Å². The number of carboxylic acids is 1. The lowest BCUT2D eigenvalue weighted by atomic mass is 10.2. The van der Waals surface area contributed by atoms with Gasteiger partial charge >= 0.3 is 5.97 Å². The van der Waals surface area contributed by atoms with Crippen molar-refractivity contribution < 1.29 is 19.5 Å². The van der Waals surface area contributed by atoms with Crippen molar-refractivity contribution in [3.8, 4) is 0 Å². The quantitative estimate of drug-likeness (QED) is 0.496. The highest BCUT2D eigenvalue weighted by molar-refractivity contribution is 5.75. The van der Waals surface area contributed by atoms with Gasteiger partial charge in [0.2, 0.25) is 6.41 Å². The first-order valence-electron chi connectivity index (χ1n) is 4.66. The van der Waals surface area contributed by atoms with Crippen molar-refractivity contribution >= 4 is 12.4 Å². The standard InChI is InChI=1S/C9H17NO4/c1-4-5-8(9(12)13)10(6-11)14-7(2)3/h6-8H,4-5H2,1-3H3,(H,12,13)/t8-/m0/s1. The zero-order valence-electron chi connectivity index (χ0n) is 8.77. The third kappa shape index (κ3) is 4.23. The second-order valence-corrected chi connectivity index (χ2v) is 3.26. The monoisotopic (exact) mass is 203 g/mol. The molecule has 0 unspecified atom stereocenters. The van der Waals surface area contributed by atoms with Gasteiger partial charge < -0.3 is 5.11 Å². The minimum atomic E-state index is -1.04. The van der Waals surface area contributed by atoms with Crippen LogP contribution < -0.4 is 0 Å². The van der Waals surface area contributed by atoms with E-state index in [0.717, 1.165) is 5.06 Å². The highest BCUT2D eigenvalue weighted by Gasteiger charge is 2.25. The van der Waals surface area contributed by atoms with Gasteiger partial charge in [-0.2, -0.15) is 0 Å². The Bertz CT molecular complexity index is 193. The number of nitrogens with zero attached hydrogens (tertiary/aromatic N) is 1. The van der Waals surface area contributed by atoms with Crippen molar-refractivity contribution in [1.29, 1.82) is 0 Å². The number of carbonyl (C=O) groups excluding carboxylic acids is 1. The molecule has 0 aliphatic heterocycles. The maximum Gasteiger partial charge on any atom is 0.329 e. The van der Waals surface area contributed by atoms with Crippen LogP contribution in [-0.4, -0.2) is 34.7 Å². The number of hydroxylamine groups is 2. The summed E-state index contributed by atoms with van der Waals surface area (Å²) < 4.78 is 0. The molecule has 0 bridgehead atoms. The van der Waals surface area contributed by atoms with Crippen LogP contribution >= 0.6 is 0 Å². The minimum absolute atomic E-state index is 0.209. The van der Waals surface area contributed by atoms with Crippen LogP contribution in [0.15, 0.2) is 0 Å². The Labute approximate surface area is 83.6 Å². The summed E-state index contributed by atoms with van der Waals surface area (Å²) in [5.41, 5.74) is 0. The van der Waals surface area contributed by atoms with Crippen LogP contribution in [0.2, 0.25) is 0 Å². The van der Waals surface area contributed by atoms with Crippen LogP contribution in [0.5, 0.6) is 0 Å². The number of hydrogen-bond donors (Lipinski definition) is 1. The van der Waals surface area contributed by atoms with Gasteiger partial charge in [-0.05, 0) is 20.3 Å². The second-order valence-electron chi connectivity index (χ2n) is 3.26. The first-order chi connectivity index (χ1) is 6.52. The van der Waals surface area contributed by atoms with Crippen LogP contribution in [0, 0.1) is 0 Å². The first kappa shape index (κ1) is 12.9. The van der Waals surface area contributed by atoms with Gasteiger partial charge in [0.25, 0.3) is 0 Å². The van der Waals surface area contributed by atoms with Gasteiger partial charge in [-0.15, -0.1) is 0 Å². The van der Waals surface area contributed by atoms with E-state index in [2.05, 4.69) is 0 Å². The van der Waals surface area contributed by atoms with Crippen molar-refractivity contribution in [3.05, 3.63) is 0 Å². The fourth-order valence-corrected chi connectivity index (χ4v) is 1.05. The lowest BCUT2D eigenvalue weighted by Gasteiger charge is -2.25. The predicted octanol–water partition coefficient (Wildman–Crippen LogP) is 1.04. The SMILES string of the molecule is CCC[C@@H](C(=O)O)N(C=O)OC(C)C. The molecule has 0 aliphatic carbocycles. The van der Waals surface area contributed by atoms with Crippen molar-refractivity contribution in [1.82, 2.24) is 5.06 Å². The molecule has 0 aromatic rings. The summed E-state index contributed by atoms with van der Waals surface area (Å²) in [7, 11) is 0. The topological polar surface area (TPSA) is 66.8 Å².